The van der Waals surface area contributed by atoms with Crippen LogP contribution < -0.4 is 5.32 Å². The van der Waals surface area contributed by atoms with Crippen molar-refractivity contribution in [3.8, 4) is 0 Å². The molecule has 0 aromatic heterocycles. The fourth-order valence-electron chi connectivity index (χ4n) is 2.33. The largest absolute Gasteiger partial charge is 0.325 e. The first-order chi connectivity index (χ1) is 11.3. The minimum Gasteiger partial charge on any atom is -0.325 e. The molecule has 8 heteroatoms. The quantitative estimate of drug-likeness (QED) is 0.637. The normalized spacial score (nSPS) is 12.4. The lowest BCUT2D eigenvalue weighted by Crippen LogP contribution is -2.32. The highest BCUT2D eigenvalue weighted by Gasteiger charge is 2.38. The van der Waals surface area contributed by atoms with Crippen LogP contribution >= 0.6 is 0 Å². The number of nitro groups is 1. The number of sulfone groups is 1. The Labute approximate surface area is 139 Å². The molecule has 0 aliphatic carbocycles. The van der Waals surface area contributed by atoms with Gasteiger partial charge in [0, 0.05) is 10.6 Å². The number of aryl methyl sites for hydroxylation is 1. The van der Waals surface area contributed by atoms with E-state index in [4.69, 9.17) is 0 Å². The van der Waals surface area contributed by atoms with Gasteiger partial charge in [-0.25, -0.2) is 8.42 Å². The topological polar surface area (TPSA) is 106 Å². The maximum atomic E-state index is 12.6. The number of nitrogens with one attached hydrogen (secondary N) is 1. The molecule has 126 valence electrons. The van der Waals surface area contributed by atoms with E-state index < -0.39 is 31.8 Å². The van der Waals surface area contributed by atoms with Gasteiger partial charge in [-0.2, -0.15) is 0 Å². The third kappa shape index (κ3) is 4.17. The first-order valence-electron chi connectivity index (χ1n) is 7.06. The zero-order valence-electron chi connectivity index (χ0n) is 12.9. The van der Waals surface area contributed by atoms with Gasteiger partial charge < -0.3 is 5.32 Å². The van der Waals surface area contributed by atoms with Gasteiger partial charge in [-0.3, -0.25) is 14.9 Å². The lowest BCUT2D eigenvalue weighted by molar-refractivity contribution is -0.458. The molecule has 1 N–H and O–H groups in total. The monoisotopic (exact) mass is 348 g/mol. The Morgan fingerprint density at radius 3 is 2.29 bits per heavy atom. The number of para-hydroxylation sites is 1. The van der Waals surface area contributed by atoms with Gasteiger partial charge in [0.15, 0.2) is 5.25 Å². The van der Waals surface area contributed by atoms with Gasteiger partial charge in [-0.15, -0.1) is 0 Å². The zero-order valence-corrected chi connectivity index (χ0v) is 13.7. The second kappa shape index (κ2) is 7.22. The van der Waals surface area contributed by atoms with Crippen molar-refractivity contribution in [2.45, 2.75) is 12.2 Å². The Morgan fingerprint density at radius 2 is 1.71 bits per heavy atom. The molecular weight excluding hydrogens is 332 g/mol. The molecule has 0 fully saturated rings. The van der Waals surface area contributed by atoms with E-state index in [2.05, 4.69) is 5.32 Å². The third-order valence-electron chi connectivity index (χ3n) is 3.39. The van der Waals surface area contributed by atoms with Gasteiger partial charge in [0.2, 0.25) is 15.7 Å². The third-order valence-corrected chi connectivity index (χ3v) is 5.15. The molecule has 0 saturated heterocycles. The summed E-state index contributed by atoms with van der Waals surface area (Å²) >= 11 is 0. The molecule has 2 rings (SSSR count). The van der Waals surface area contributed by atoms with Gasteiger partial charge in [0.25, 0.3) is 0 Å². The highest BCUT2D eigenvalue weighted by molar-refractivity contribution is 7.92. The van der Waals surface area contributed by atoms with E-state index in [-0.39, 0.29) is 5.56 Å². The van der Waals surface area contributed by atoms with Crippen LogP contribution in [0.15, 0.2) is 54.6 Å². The maximum absolute atomic E-state index is 12.6. The van der Waals surface area contributed by atoms with E-state index in [0.29, 0.717) is 11.3 Å². The average Bonchev–Trinajstić information content (AvgIpc) is 2.49. The smallest absolute Gasteiger partial charge is 0.302 e. The van der Waals surface area contributed by atoms with Crippen molar-refractivity contribution in [1.82, 2.24) is 0 Å². The van der Waals surface area contributed by atoms with Crippen molar-refractivity contribution in [3.05, 3.63) is 75.8 Å². The lowest BCUT2D eigenvalue weighted by atomic mass is 10.1. The van der Waals surface area contributed by atoms with Gasteiger partial charge >= 0.3 is 5.88 Å². The van der Waals surface area contributed by atoms with Crippen LogP contribution in [0.1, 0.15) is 16.4 Å². The molecule has 0 radical (unpaired) electrons. The van der Waals surface area contributed by atoms with Crippen molar-refractivity contribution in [2.24, 2.45) is 0 Å². The number of carbonyl (C=O) groups is 1. The summed E-state index contributed by atoms with van der Waals surface area (Å²) in [5.41, 5.74) is 1.21. The van der Waals surface area contributed by atoms with Crippen LogP contribution in [-0.4, -0.2) is 25.1 Å². The Bertz CT molecular complexity index is 850. The molecule has 2 aromatic carbocycles. The highest BCUT2D eigenvalue weighted by atomic mass is 32.2. The summed E-state index contributed by atoms with van der Waals surface area (Å²) in [6.07, 6.45) is 0. The second-order valence-corrected chi connectivity index (χ2v) is 7.27. The van der Waals surface area contributed by atoms with E-state index in [1.165, 1.54) is 6.07 Å². The summed E-state index contributed by atoms with van der Waals surface area (Å²) < 4.78 is 24.8. The summed E-state index contributed by atoms with van der Waals surface area (Å²) in [6, 6.07) is 14.8. The zero-order chi connectivity index (χ0) is 17.7. The average molecular weight is 348 g/mol. The number of benzene rings is 2. The second-order valence-electron chi connectivity index (χ2n) is 5.22. The molecule has 1 atom stereocenters. The van der Waals surface area contributed by atoms with Gasteiger partial charge in [-0.05, 0) is 30.2 Å². The summed E-state index contributed by atoms with van der Waals surface area (Å²) in [4.78, 5) is 22.3. The molecule has 0 aliphatic heterocycles. The molecule has 7 nitrogen and oxygen atoms in total. The number of amides is 1. The number of nitrogens with zero attached hydrogens (tertiary/aromatic N) is 1. The van der Waals surface area contributed by atoms with Crippen LogP contribution in [-0.2, 0) is 14.6 Å². The van der Waals surface area contributed by atoms with E-state index in [0.717, 1.165) is 0 Å². The van der Waals surface area contributed by atoms with E-state index in [9.17, 15) is 23.3 Å². The molecule has 1 unspecified atom stereocenters. The van der Waals surface area contributed by atoms with E-state index in [1.807, 2.05) is 0 Å². The lowest BCUT2D eigenvalue weighted by Gasteiger charge is -2.17. The van der Waals surface area contributed by atoms with Gasteiger partial charge in [0.05, 0.1) is 0 Å². The Hall–Kier alpha value is -2.74. The van der Waals surface area contributed by atoms with Crippen LogP contribution in [0.2, 0.25) is 0 Å². The van der Waals surface area contributed by atoms with Crippen LogP contribution in [0.5, 0.6) is 0 Å². The Morgan fingerprint density at radius 1 is 1.12 bits per heavy atom. The van der Waals surface area contributed by atoms with E-state index in [1.54, 1.807) is 55.5 Å². The first kappa shape index (κ1) is 17.6. The molecular formula is C16H16N2O5S. The number of carbonyl (C=O) groups excluding carboxylic acids is 1. The van der Waals surface area contributed by atoms with Crippen LogP contribution in [0.3, 0.4) is 0 Å². The number of anilines is 1. The predicted octanol–water partition coefficient (Wildman–Crippen LogP) is 2.32. The number of rotatable bonds is 6. The molecule has 0 bridgehead atoms. The van der Waals surface area contributed by atoms with Crippen molar-refractivity contribution in [1.29, 1.82) is 0 Å². The van der Waals surface area contributed by atoms with Crippen LogP contribution in [0.25, 0.3) is 0 Å². The fourth-order valence-corrected chi connectivity index (χ4v) is 3.81. The number of hydrogen-bond donors (Lipinski definition) is 1. The Balaban J connectivity index is 2.45. The van der Waals surface area contributed by atoms with Crippen LogP contribution in [0, 0.1) is 17.0 Å². The minimum atomic E-state index is -4.33. The molecule has 0 aliphatic rings. The SMILES string of the molecule is Cc1ccccc1C(C(=O)Nc1ccccc1)S(=O)(=O)C[N+](=O)[O-]. The maximum Gasteiger partial charge on any atom is 0.302 e. The number of hydrogen-bond acceptors (Lipinski definition) is 5. The molecule has 24 heavy (non-hydrogen) atoms. The Kier molecular flexibility index (Phi) is 5.30. The summed E-state index contributed by atoms with van der Waals surface area (Å²) in [5, 5.41) is 11.6. The minimum absolute atomic E-state index is 0.229. The first-order valence-corrected chi connectivity index (χ1v) is 8.77. The highest BCUT2D eigenvalue weighted by Crippen LogP contribution is 2.28. The van der Waals surface area contributed by atoms with Crippen molar-refractivity contribution < 1.29 is 18.1 Å². The van der Waals surface area contributed by atoms with E-state index >= 15 is 0 Å². The molecule has 1 amide bonds. The predicted molar refractivity (Wildman–Crippen MR) is 89.8 cm³/mol. The molecule has 2 aromatic rings. The fraction of sp³-hybridized carbons (Fsp3) is 0.188. The van der Waals surface area contributed by atoms with Crippen LogP contribution in [0.4, 0.5) is 5.69 Å². The molecule has 0 heterocycles. The van der Waals surface area contributed by atoms with Gasteiger partial charge in [0.1, 0.15) is 0 Å². The standard InChI is InChI=1S/C16H16N2O5S/c1-12-7-5-6-10-14(12)15(24(22,23)11-18(20)21)16(19)17-13-8-3-2-4-9-13/h2-10,15H,11H2,1H3,(H,17,19). The summed E-state index contributed by atoms with van der Waals surface area (Å²) in [5.74, 6) is -2.13. The van der Waals surface area contributed by atoms with Crippen molar-refractivity contribution in [3.63, 3.8) is 0 Å². The van der Waals surface area contributed by atoms with Crippen molar-refractivity contribution in [2.75, 3.05) is 11.2 Å². The summed E-state index contributed by atoms with van der Waals surface area (Å²) in [6.45, 7) is 1.65. The van der Waals surface area contributed by atoms with Gasteiger partial charge in [-0.1, -0.05) is 42.5 Å². The van der Waals surface area contributed by atoms with Crippen molar-refractivity contribution >= 4 is 21.4 Å². The summed E-state index contributed by atoms with van der Waals surface area (Å²) in [7, 11) is -4.33. The molecule has 0 saturated carbocycles. The molecule has 0 spiro atoms.